The second-order valence-electron chi connectivity index (χ2n) is 7.19. The SMILES string of the molecule is NC(=O)CC(NC(=O)C(Cc1cnc[nH]1)NC(=O)C(CCC(=O)O)NC(=O)C(N)CO)C(=O)O. The number of hydrogen-bond donors (Lipinski definition) is 9. The van der Waals surface area contributed by atoms with Crippen LogP contribution in [0.3, 0.4) is 0 Å². The van der Waals surface area contributed by atoms with E-state index in [9.17, 15) is 33.9 Å². The highest BCUT2D eigenvalue weighted by atomic mass is 16.4. The van der Waals surface area contributed by atoms with Gasteiger partial charge in [0.2, 0.25) is 23.6 Å². The van der Waals surface area contributed by atoms with Crippen LogP contribution >= 0.6 is 0 Å². The minimum atomic E-state index is -1.67. The van der Waals surface area contributed by atoms with Crippen LogP contribution in [-0.2, 0) is 35.2 Å². The lowest BCUT2D eigenvalue weighted by Gasteiger charge is -2.24. The minimum absolute atomic E-state index is 0.198. The minimum Gasteiger partial charge on any atom is -0.481 e. The molecule has 0 aromatic carbocycles. The van der Waals surface area contributed by atoms with Crippen LogP contribution in [0.2, 0.25) is 0 Å². The van der Waals surface area contributed by atoms with E-state index < -0.39 is 79.2 Å². The molecule has 16 heteroatoms. The highest BCUT2D eigenvalue weighted by Crippen LogP contribution is 2.05. The molecule has 4 unspecified atom stereocenters. The van der Waals surface area contributed by atoms with Gasteiger partial charge in [-0.05, 0) is 6.42 Å². The topological polar surface area (TPSA) is 280 Å². The number of H-pyrrole nitrogens is 1. The molecule has 0 fully saturated rings. The van der Waals surface area contributed by atoms with Crippen LogP contribution in [0.25, 0.3) is 0 Å². The van der Waals surface area contributed by atoms with Gasteiger partial charge in [-0.25, -0.2) is 9.78 Å². The Hall–Kier alpha value is -4.05. The number of aliphatic carboxylic acids is 2. The van der Waals surface area contributed by atoms with Crippen LogP contribution in [0.1, 0.15) is 25.0 Å². The van der Waals surface area contributed by atoms with Crippen molar-refractivity contribution in [3.8, 4) is 0 Å². The van der Waals surface area contributed by atoms with Crippen molar-refractivity contribution >= 4 is 35.6 Å². The zero-order valence-corrected chi connectivity index (χ0v) is 17.9. The number of carboxylic acid groups (broad SMARTS) is 2. The highest BCUT2D eigenvalue weighted by molar-refractivity contribution is 5.95. The third-order valence-corrected chi connectivity index (χ3v) is 4.45. The van der Waals surface area contributed by atoms with Crippen molar-refractivity contribution in [2.45, 2.75) is 49.9 Å². The fourth-order valence-corrected chi connectivity index (χ4v) is 2.67. The summed E-state index contributed by atoms with van der Waals surface area (Å²) in [5.74, 6) is -6.69. The van der Waals surface area contributed by atoms with Crippen LogP contribution in [0.4, 0.5) is 0 Å². The first-order valence-corrected chi connectivity index (χ1v) is 9.92. The van der Waals surface area contributed by atoms with E-state index in [2.05, 4.69) is 25.9 Å². The number of primary amides is 1. The second kappa shape index (κ2) is 13.5. The Kier molecular flexibility index (Phi) is 11.1. The number of rotatable bonds is 15. The van der Waals surface area contributed by atoms with Crippen LogP contribution in [-0.4, -0.2) is 91.6 Å². The summed E-state index contributed by atoms with van der Waals surface area (Å²) in [5, 5.41) is 33.8. The number of amides is 4. The molecule has 11 N–H and O–H groups in total. The molecule has 0 radical (unpaired) electrons. The summed E-state index contributed by atoms with van der Waals surface area (Å²) in [5.41, 5.74) is 10.8. The average Bonchev–Trinajstić information content (AvgIpc) is 3.27. The van der Waals surface area contributed by atoms with Crippen molar-refractivity contribution in [3.05, 3.63) is 18.2 Å². The summed E-state index contributed by atoms with van der Waals surface area (Å²) in [4.78, 5) is 77.5. The first-order chi connectivity index (χ1) is 15.9. The summed E-state index contributed by atoms with van der Waals surface area (Å²) in [6, 6.07) is -5.91. The quantitative estimate of drug-likeness (QED) is 0.114. The van der Waals surface area contributed by atoms with Gasteiger partial charge in [0, 0.05) is 24.7 Å². The van der Waals surface area contributed by atoms with Gasteiger partial charge >= 0.3 is 11.9 Å². The Morgan fingerprint density at radius 2 is 1.56 bits per heavy atom. The molecule has 0 bridgehead atoms. The maximum absolute atomic E-state index is 12.8. The van der Waals surface area contributed by atoms with Gasteiger partial charge in [-0.2, -0.15) is 0 Å². The van der Waals surface area contributed by atoms with E-state index in [-0.39, 0.29) is 12.8 Å². The summed E-state index contributed by atoms with van der Waals surface area (Å²) >= 11 is 0. The van der Waals surface area contributed by atoms with Crippen molar-refractivity contribution in [1.82, 2.24) is 25.9 Å². The number of aromatic nitrogens is 2. The Morgan fingerprint density at radius 3 is 2.06 bits per heavy atom. The Balaban J connectivity index is 3.08. The van der Waals surface area contributed by atoms with Gasteiger partial charge in [0.1, 0.15) is 24.2 Å². The number of carbonyl (C=O) groups excluding carboxylic acids is 4. The predicted molar refractivity (Wildman–Crippen MR) is 111 cm³/mol. The largest absolute Gasteiger partial charge is 0.481 e. The Labute approximate surface area is 192 Å². The zero-order valence-electron chi connectivity index (χ0n) is 17.9. The molecule has 0 aliphatic heterocycles. The van der Waals surface area contributed by atoms with E-state index in [0.29, 0.717) is 5.69 Å². The fourth-order valence-electron chi connectivity index (χ4n) is 2.67. The molecule has 34 heavy (non-hydrogen) atoms. The van der Waals surface area contributed by atoms with Crippen molar-refractivity contribution in [2.24, 2.45) is 11.5 Å². The number of aliphatic hydroxyl groups excluding tert-OH is 1. The number of hydrogen-bond acceptors (Lipinski definition) is 9. The van der Waals surface area contributed by atoms with Crippen LogP contribution in [0.5, 0.6) is 0 Å². The van der Waals surface area contributed by atoms with Gasteiger partial charge in [-0.1, -0.05) is 0 Å². The molecule has 0 saturated heterocycles. The molecule has 4 atom stereocenters. The maximum atomic E-state index is 12.8. The van der Waals surface area contributed by atoms with Crippen molar-refractivity contribution < 1.29 is 44.1 Å². The van der Waals surface area contributed by atoms with E-state index >= 15 is 0 Å². The smallest absolute Gasteiger partial charge is 0.326 e. The molecular formula is C18H27N7O9. The van der Waals surface area contributed by atoms with Gasteiger partial charge in [-0.3, -0.25) is 24.0 Å². The lowest BCUT2D eigenvalue weighted by Crippen LogP contribution is -2.58. The van der Waals surface area contributed by atoms with E-state index in [0.717, 1.165) is 0 Å². The number of imidazole rings is 1. The van der Waals surface area contributed by atoms with Crippen LogP contribution in [0, 0.1) is 0 Å². The molecule has 16 nitrogen and oxygen atoms in total. The molecular weight excluding hydrogens is 458 g/mol. The Morgan fingerprint density at radius 1 is 0.971 bits per heavy atom. The van der Waals surface area contributed by atoms with Gasteiger partial charge in [0.05, 0.1) is 19.4 Å². The van der Waals surface area contributed by atoms with E-state index in [1.54, 1.807) is 0 Å². The molecule has 0 saturated carbocycles. The number of nitrogens with two attached hydrogens (primary N) is 2. The molecule has 0 aliphatic rings. The molecule has 1 aromatic rings. The first kappa shape index (κ1) is 28.0. The standard InChI is InChI=1S/C18H27N7O9/c19-9(6-26)15(30)23-10(1-2-14(28)29)16(31)24-11(3-8-5-21-7-22-8)17(32)25-12(18(33)34)4-13(20)27/h5,7,9-12,26H,1-4,6,19H2,(H2,20,27)(H,21,22)(H,23,30)(H,24,31)(H,25,32)(H,28,29)(H,33,34). The third-order valence-electron chi connectivity index (χ3n) is 4.45. The molecule has 1 aromatic heterocycles. The van der Waals surface area contributed by atoms with E-state index in [4.69, 9.17) is 21.7 Å². The van der Waals surface area contributed by atoms with Crippen molar-refractivity contribution in [3.63, 3.8) is 0 Å². The van der Waals surface area contributed by atoms with Crippen molar-refractivity contribution in [1.29, 1.82) is 0 Å². The molecule has 1 rings (SSSR count). The summed E-state index contributed by atoms with van der Waals surface area (Å²) in [7, 11) is 0. The number of aromatic amines is 1. The highest BCUT2D eigenvalue weighted by Gasteiger charge is 2.31. The average molecular weight is 485 g/mol. The van der Waals surface area contributed by atoms with Gasteiger partial charge in [0.25, 0.3) is 0 Å². The number of carboxylic acids is 2. The van der Waals surface area contributed by atoms with Crippen LogP contribution in [0.15, 0.2) is 12.5 Å². The second-order valence-corrected chi connectivity index (χ2v) is 7.19. The molecule has 188 valence electrons. The summed E-state index contributed by atoms with van der Waals surface area (Å²) in [6.07, 6.45) is 0.838. The summed E-state index contributed by atoms with van der Waals surface area (Å²) < 4.78 is 0. The normalized spacial score (nSPS) is 14.2. The lowest BCUT2D eigenvalue weighted by molar-refractivity contribution is -0.143. The van der Waals surface area contributed by atoms with Crippen LogP contribution < -0.4 is 27.4 Å². The van der Waals surface area contributed by atoms with Gasteiger partial charge < -0.3 is 47.7 Å². The fraction of sp³-hybridized carbons (Fsp3) is 0.500. The number of carbonyl (C=O) groups is 6. The molecule has 0 aliphatic carbocycles. The number of aliphatic hydroxyl groups is 1. The summed E-state index contributed by atoms with van der Waals surface area (Å²) in [6.45, 7) is -0.736. The first-order valence-electron chi connectivity index (χ1n) is 9.92. The molecule has 1 heterocycles. The van der Waals surface area contributed by atoms with E-state index in [1.807, 2.05) is 0 Å². The van der Waals surface area contributed by atoms with Gasteiger partial charge in [-0.15, -0.1) is 0 Å². The lowest BCUT2D eigenvalue weighted by atomic mass is 10.1. The Bertz CT molecular complexity index is 890. The van der Waals surface area contributed by atoms with Gasteiger partial charge in [0.15, 0.2) is 0 Å². The predicted octanol–water partition coefficient (Wildman–Crippen LogP) is -4.45. The monoisotopic (exact) mass is 485 g/mol. The third kappa shape index (κ3) is 9.61. The number of nitrogens with zero attached hydrogens (tertiary/aromatic N) is 1. The number of nitrogens with one attached hydrogen (secondary N) is 4. The van der Waals surface area contributed by atoms with E-state index in [1.165, 1.54) is 12.5 Å². The van der Waals surface area contributed by atoms with Crippen molar-refractivity contribution in [2.75, 3.05) is 6.61 Å². The molecule has 4 amide bonds. The zero-order chi connectivity index (χ0) is 25.8. The maximum Gasteiger partial charge on any atom is 0.326 e. The molecule has 0 spiro atoms.